The van der Waals surface area contributed by atoms with Crippen molar-refractivity contribution >= 4 is 22.4 Å². The van der Waals surface area contributed by atoms with E-state index in [9.17, 15) is 4.79 Å². The lowest BCUT2D eigenvalue weighted by atomic mass is 9.94. The molecule has 3 N–H and O–H groups in total. The standard InChI is InChI=1S/C10H17N3O2S/c1-10(2,8(14)15-3)6-12-4-7-5-13-9(11)16-7/h5,12H,4,6H2,1-3H3,(H2,11,13). The van der Waals surface area contributed by atoms with Gasteiger partial charge in [0.05, 0.1) is 12.5 Å². The molecular formula is C10H17N3O2S. The molecule has 1 aromatic heterocycles. The van der Waals surface area contributed by atoms with Gasteiger partial charge in [-0.1, -0.05) is 0 Å². The molecule has 1 rings (SSSR count). The molecule has 1 aromatic rings. The van der Waals surface area contributed by atoms with Crippen LogP contribution in [-0.2, 0) is 16.1 Å². The lowest BCUT2D eigenvalue weighted by Crippen LogP contribution is -2.36. The van der Waals surface area contributed by atoms with Crippen LogP contribution in [-0.4, -0.2) is 24.6 Å². The van der Waals surface area contributed by atoms with Gasteiger partial charge < -0.3 is 15.8 Å². The van der Waals surface area contributed by atoms with Gasteiger partial charge in [-0.15, -0.1) is 11.3 Å². The molecule has 6 heteroatoms. The van der Waals surface area contributed by atoms with Crippen molar-refractivity contribution in [2.75, 3.05) is 19.4 Å². The first-order valence-corrected chi connectivity index (χ1v) is 5.76. The van der Waals surface area contributed by atoms with E-state index in [0.717, 1.165) is 4.88 Å². The summed E-state index contributed by atoms with van der Waals surface area (Å²) < 4.78 is 4.71. The third-order valence-corrected chi connectivity index (χ3v) is 3.00. The van der Waals surface area contributed by atoms with Crippen LogP contribution < -0.4 is 11.1 Å². The molecule has 0 aliphatic heterocycles. The first-order chi connectivity index (χ1) is 7.45. The summed E-state index contributed by atoms with van der Waals surface area (Å²) in [6, 6.07) is 0. The van der Waals surface area contributed by atoms with Crippen LogP contribution in [0, 0.1) is 5.41 Å². The summed E-state index contributed by atoms with van der Waals surface area (Å²) >= 11 is 1.44. The predicted molar refractivity (Wildman–Crippen MR) is 64.0 cm³/mol. The molecule has 0 radical (unpaired) electrons. The molecular weight excluding hydrogens is 226 g/mol. The number of nitrogens with one attached hydrogen (secondary N) is 1. The Morgan fingerprint density at radius 2 is 2.38 bits per heavy atom. The van der Waals surface area contributed by atoms with E-state index in [1.165, 1.54) is 18.4 Å². The number of aromatic nitrogens is 1. The van der Waals surface area contributed by atoms with E-state index < -0.39 is 5.41 Å². The highest BCUT2D eigenvalue weighted by molar-refractivity contribution is 7.15. The maximum absolute atomic E-state index is 11.4. The first-order valence-electron chi connectivity index (χ1n) is 4.95. The fraction of sp³-hybridized carbons (Fsp3) is 0.600. The maximum Gasteiger partial charge on any atom is 0.312 e. The Hall–Kier alpha value is -1.14. The number of ether oxygens (including phenoxy) is 1. The number of carbonyl (C=O) groups excluding carboxylic acids is 1. The highest BCUT2D eigenvalue weighted by Crippen LogP contribution is 2.17. The molecule has 5 nitrogen and oxygen atoms in total. The second-order valence-electron chi connectivity index (χ2n) is 4.14. The van der Waals surface area contributed by atoms with E-state index in [-0.39, 0.29) is 5.97 Å². The minimum Gasteiger partial charge on any atom is -0.469 e. The number of nitrogens with two attached hydrogens (primary N) is 1. The summed E-state index contributed by atoms with van der Waals surface area (Å²) in [4.78, 5) is 16.4. The molecule has 0 aliphatic rings. The van der Waals surface area contributed by atoms with Gasteiger partial charge in [-0.25, -0.2) is 4.98 Å². The molecule has 0 amide bonds. The van der Waals surface area contributed by atoms with Gasteiger partial charge in [0.2, 0.25) is 0 Å². The molecule has 0 atom stereocenters. The molecule has 0 spiro atoms. The molecule has 0 saturated carbocycles. The zero-order valence-corrected chi connectivity index (χ0v) is 10.6. The van der Waals surface area contributed by atoms with Crippen molar-refractivity contribution in [3.8, 4) is 0 Å². The zero-order chi connectivity index (χ0) is 12.2. The fourth-order valence-corrected chi connectivity index (χ4v) is 1.90. The number of hydrogen-bond acceptors (Lipinski definition) is 6. The van der Waals surface area contributed by atoms with Gasteiger partial charge in [-0.05, 0) is 13.8 Å². The molecule has 1 heterocycles. The third kappa shape index (κ3) is 3.46. The average Bonchev–Trinajstić information content (AvgIpc) is 2.62. The van der Waals surface area contributed by atoms with E-state index >= 15 is 0 Å². The van der Waals surface area contributed by atoms with E-state index in [2.05, 4.69) is 10.3 Å². The Balaban J connectivity index is 2.38. The highest BCUT2D eigenvalue weighted by atomic mass is 32.1. The summed E-state index contributed by atoms with van der Waals surface area (Å²) in [6.07, 6.45) is 1.73. The molecule has 0 aromatic carbocycles. The minimum atomic E-state index is -0.523. The Morgan fingerprint density at radius 1 is 1.69 bits per heavy atom. The maximum atomic E-state index is 11.4. The van der Waals surface area contributed by atoms with Gasteiger partial charge in [0.15, 0.2) is 5.13 Å². The molecule has 0 saturated heterocycles. The van der Waals surface area contributed by atoms with Crippen molar-refractivity contribution in [3.05, 3.63) is 11.1 Å². The number of thiazole rings is 1. The minimum absolute atomic E-state index is 0.219. The van der Waals surface area contributed by atoms with E-state index in [1.807, 2.05) is 13.8 Å². The molecule has 0 unspecified atom stereocenters. The molecule has 0 fully saturated rings. The lowest BCUT2D eigenvalue weighted by molar-refractivity contribution is -0.150. The van der Waals surface area contributed by atoms with Crippen molar-refractivity contribution in [1.82, 2.24) is 10.3 Å². The second-order valence-corrected chi connectivity index (χ2v) is 5.29. The van der Waals surface area contributed by atoms with Crippen molar-refractivity contribution in [2.45, 2.75) is 20.4 Å². The van der Waals surface area contributed by atoms with Gasteiger partial charge in [-0.2, -0.15) is 0 Å². The van der Waals surface area contributed by atoms with Crippen molar-refractivity contribution < 1.29 is 9.53 Å². The van der Waals surface area contributed by atoms with Gasteiger partial charge in [0.25, 0.3) is 0 Å². The lowest BCUT2D eigenvalue weighted by Gasteiger charge is -2.21. The summed E-state index contributed by atoms with van der Waals surface area (Å²) in [6.45, 7) is 4.90. The normalized spacial score (nSPS) is 11.4. The Kier molecular flexibility index (Phi) is 4.26. The second kappa shape index (κ2) is 5.27. The van der Waals surface area contributed by atoms with Crippen LogP contribution in [0.5, 0.6) is 0 Å². The van der Waals surface area contributed by atoms with Crippen LogP contribution in [0.1, 0.15) is 18.7 Å². The van der Waals surface area contributed by atoms with Gasteiger partial charge in [0.1, 0.15) is 0 Å². The van der Waals surface area contributed by atoms with E-state index in [4.69, 9.17) is 10.5 Å². The molecule has 16 heavy (non-hydrogen) atoms. The fourth-order valence-electron chi connectivity index (χ4n) is 1.25. The van der Waals surface area contributed by atoms with Crippen LogP contribution >= 0.6 is 11.3 Å². The van der Waals surface area contributed by atoms with Gasteiger partial charge >= 0.3 is 5.97 Å². The van der Waals surface area contributed by atoms with Crippen LogP contribution in [0.25, 0.3) is 0 Å². The topological polar surface area (TPSA) is 77.2 Å². The van der Waals surface area contributed by atoms with Crippen LogP contribution in [0.2, 0.25) is 0 Å². The van der Waals surface area contributed by atoms with Crippen LogP contribution in [0.3, 0.4) is 0 Å². The largest absolute Gasteiger partial charge is 0.469 e. The zero-order valence-electron chi connectivity index (χ0n) is 9.74. The van der Waals surface area contributed by atoms with Crippen molar-refractivity contribution in [3.63, 3.8) is 0 Å². The summed E-state index contributed by atoms with van der Waals surface area (Å²) in [5.74, 6) is -0.219. The number of methoxy groups -OCH3 is 1. The number of carbonyl (C=O) groups is 1. The van der Waals surface area contributed by atoms with Crippen molar-refractivity contribution in [2.24, 2.45) is 5.41 Å². The molecule has 90 valence electrons. The highest BCUT2D eigenvalue weighted by Gasteiger charge is 2.27. The number of nitrogen functional groups attached to an aromatic ring is 1. The number of hydrogen-bond donors (Lipinski definition) is 2. The van der Waals surface area contributed by atoms with Gasteiger partial charge in [-0.3, -0.25) is 4.79 Å². The number of anilines is 1. The molecule has 0 bridgehead atoms. The summed E-state index contributed by atoms with van der Waals surface area (Å²) in [5.41, 5.74) is 4.99. The Labute approximate surface area is 99.0 Å². The quantitative estimate of drug-likeness (QED) is 0.755. The number of esters is 1. The Bertz CT molecular complexity index is 363. The first kappa shape index (κ1) is 12.9. The predicted octanol–water partition coefficient (Wildman–Crippen LogP) is 1.01. The van der Waals surface area contributed by atoms with E-state index in [0.29, 0.717) is 18.2 Å². The van der Waals surface area contributed by atoms with Crippen LogP contribution in [0.15, 0.2) is 6.20 Å². The average molecular weight is 243 g/mol. The third-order valence-electron chi connectivity index (χ3n) is 2.18. The smallest absolute Gasteiger partial charge is 0.312 e. The number of rotatable bonds is 5. The summed E-state index contributed by atoms with van der Waals surface area (Å²) in [7, 11) is 1.40. The van der Waals surface area contributed by atoms with Gasteiger partial charge in [0, 0.05) is 24.2 Å². The van der Waals surface area contributed by atoms with Crippen molar-refractivity contribution in [1.29, 1.82) is 0 Å². The van der Waals surface area contributed by atoms with E-state index in [1.54, 1.807) is 6.20 Å². The van der Waals surface area contributed by atoms with Crippen LogP contribution in [0.4, 0.5) is 5.13 Å². The summed E-state index contributed by atoms with van der Waals surface area (Å²) in [5, 5.41) is 3.74. The Morgan fingerprint density at radius 3 is 2.88 bits per heavy atom. The molecule has 0 aliphatic carbocycles. The number of nitrogens with zero attached hydrogens (tertiary/aromatic N) is 1. The monoisotopic (exact) mass is 243 g/mol. The SMILES string of the molecule is COC(=O)C(C)(C)CNCc1cnc(N)s1.